The number of halogens is 4. The van der Waals surface area contributed by atoms with Gasteiger partial charge in [0.2, 0.25) is 0 Å². The summed E-state index contributed by atoms with van der Waals surface area (Å²) in [6.07, 6.45) is 1.10. The zero-order valence-electron chi connectivity index (χ0n) is 12.3. The Labute approximate surface area is 155 Å². The van der Waals surface area contributed by atoms with Crippen LogP contribution in [-0.4, -0.2) is 13.1 Å². The minimum atomic E-state index is -0.489. The van der Waals surface area contributed by atoms with Gasteiger partial charge in [0.25, 0.3) is 0 Å². The normalized spacial score (nSPS) is 12.0. The highest BCUT2D eigenvalue weighted by Gasteiger charge is 2.24. The summed E-state index contributed by atoms with van der Waals surface area (Å²) < 4.78 is 4.91. The van der Waals surface area contributed by atoms with Gasteiger partial charge in [0.05, 0.1) is 13.0 Å². The highest BCUT2D eigenvalue weighted by molar-refractivity contribution is 6.35. The molecule has 0 radical (unpaired) electrons. The molecular weight excluding hydrogens is 378 g/mol. The number of benzene rings is 2. The minimum absolute atomic E-state index is 0.348. The fourth-order valence-corrected chi connectivity index (χ4v) is 3.39. The Morgan fingerprint density at radius 2 is 1.61 bits per heavy atom. The van der Waals surface area contributed by atoms with Crippen molar-refractivity contribution in [1.29, 1.82) is 0 Å². The third kappa shape index (κ3) is 4.77. The van der Waals surface area contributed by atoms with Crippen LogP contribution in [0.5, 0.6) is 0 Å². The zero-order chi connectivity index (χ0) is 17.0. The molecule has 2 aromatic carbocycles. The van der Waals surface area contributed by atoms with Crippen LogP contribution in [0.3, 0.4) is 0 Å². The van der Waals surface area contributed by atoms with Crippen molar-refractivity contribution in [3.05, 3.63) is 67.6 Å². The highest BCUT2D eigenvalue weighted by atomic mass is 35.5. The Kier molecular flexibility index (Phi) is 6.60. The topological polar surface area (TPSA) is 26.3 Å². The summed E-state index contributed by atoms with van der Waals surface area (Å²) >= 11 is 24.2. The molecule has 122 valence electrons. The van der Waals surface area contributed by atoms with Crippen LogP contribution in [-0.2, 0) is 16.0 Å². The molecule has 0 saturated heterocycles. The van der Waals surface area contributed by atoms with E-state index in [4.69, 9.17) is 51.1 Å². The molecular formula is C17H14Cl4O2. The molecule has 0 heterocycles. The van der Waals surface area contributed by atoms with Gasteiger partial charge in [-0.1, -0.05) is 58.5 Å². The maximum Gasteiger partial charge on any atom is 0.313 e. The van der Waals surface area contributed by atoms with Gasteiger partial charge in [0.1, 0.15) is 0 Å². The number of hydrogen-bond donors (Lipinski definition) is 0. The molecule has 23 heavy (non-hydrogen) atoms. The zero-order valence-corrected chi connectivity index (χ0v) is 15.3. The van der Waals surface area contributed by atoms with E-state index in [1.165, 1.54) is 7.11 Å². The van der Waals surface area contributed by atoms with Crippen molar-refractivity contribution in [2.45, 2.75) is 18.8 Å². The van der Waals surface area contributed by atoms with Crippen molar-refractivity contribution < 1.29 is 9.53 Å². The van der Waals surface area contributed by atoms with Crippen LogP contribution in [0.1, 0.15) is 23.5 Å². The summed E-state index contributed by atoms with van der Waals surface area (Å²) in [4.78, 5) is 12.1. The van der Waals surface area contributed by atoms with Gasteiger partial charge in [-0.2, -0.15) is 0 Å². The molecule has 2 rings (SSSR count). The van der Waals surface area contributed by atoms with E-state index in [0.29, 0.717) is 38.5 Å². The Bertz CT molecular complexity index is 716. The lowest BCUT2D eigenvalue weighted by Gasteiger charge is -2.17. The minimum Gasteiger partial charge on any atom is -0.469 e. The average molecular weight is 392 g/mol. The monoisotopic (exact) mass is 390 g/mol. The Morgan fingerprint density at radius 1 is 1.00 bits per heavy atom. The number of carbonyl (C=O) groups excluding carboxylic acids is 1. The van der Waals surface area contributed by atoms with E-state index in [1.807, 2.05) is 6.07 Å². The molecule has 0 bridgehead atoms. The molecule has 2 nitrogen and oxygen atoms in total. The number of carbonyl (C=O) groups is 1. The van der Waals surface area contributed by atoms with Crippen molar-refractivity contribution in [3.8, 4) is 0 Å². The third-order valence-electron chi connectivity index (χ3n) is 3.54. The molecule has 1 atom stereocenters. The van der Waals surface area contributed by atoms with Gasteiger partial charge in [-0.3, -0.25) is 4.79 Å². The molecule has 0 saturated carbocycles. The molecule has 0 aliphatic rings. The summed E-state index contributed by atoms with van der Waals surface area (Å²) in [6.45, 7) is 0. The molecule has 2 aromatic rings. The Morgan fingerprint density at radius 3 is 2.17 bits per heavy atom. The van der Waals surface area contributed by atoms with Crippen molar-refractivity contribution in [2.75, 3.05) is 7.11 Å². The van der Waals surface area contributed by atoms with Crippen LogP contribution in [0.4, 0.5) is 0 Å². The summed E-state index contributed by atoms with van der Waals surface area (Å²) in [7, 11) is 1.36. The predicted molar refractivity (Wildman–Crippen MR) is 96.0 cm³/mol. The third-order valence-corrected chi connectivity index (χ3v) is 4.69. The maximum absolute atomic E-state index is 12.1. The first kappa shape index (κ1) is 18.4. The van der Waals surface area contributed by atoms with Crippen molar-refractivity contribution in [2.24, 2.45) is 0 Å². The molecule has 0 aliphatic heterocycles. The van der Waals surface area contributed by atoms with Gasteiger partial charge in [-0.15, -0.1) is 0 Å². The standard InChI is InChI=1S/C17H14Cl4O2/c1-23-17(22)14(13-7-5-12(19)9-16(13)21)6-3-10-2-4-11(18)8-15(10)20/h2,4-5,7-9,14H,3,6H2,1H3/t14-/m0/s1. The molecule has 0 spiro atoms. The van der Waals surface area contributed by atoms with Crippen LogP contribution in [0.25, 0.3) is 0 Å². The van der Waals surface area contributed by atoms with E-state index in [2.05, 4.69) is 0 Å². The van der Waals surface area contributed by atoms with Crippen LogP contribution >= 0.6 is 46.4 Å². The van der Waals surface area contributed by atoms with Crippen molar-refractivity contribution in [3.63, 3.8) is 0 Å². The fraction of sp³-hybridized carbons (Fsp3) is 0.235. The lowest BCUT2D eigenvalue weighted by Crippen LogP contribution is -2.15. The van der Waals surface area contributed by atoms with Gasteiger partial charge in [0, 0.05) is 20.1 Å². The molecule has 0 amide bonds. The van der Waals surface area contributed by atoms with E-state index < -0.39 is 5.92 Å². The van der Waals surface area contributed by atoms with Crippen LogP contribution in [0.15, 0.2) is 36.4 Å². The first-order valence-electron chi connectivity index (χ1n) is 6.89. The molecule has 0 aliphatic carbocycles. The van der Waals surface area contributed by atoms with E-state index in [0.717, 1.165) is 5.56 Å². The summed E-state index contributed by atoms with van der Waals surface area (Å²) in [5.41, 5.74) is 1.60. The number of aryl methyl sites for hydroxylation is 1. The smallest absolute Gasteiger partial charge is 0.313 e. The lowest BCUT2D eigenvalue weighted by atomic mass is 9.92. The van der Waals surface area contributed by atoms with E-state index in [-0.39, 0.29) is 5.97 Å². The van der Waals surface area contributed by atoms with Crippen LogP contribution in [0.2, 0.25) is 20.1 Å². The van der Waals surface area contributed by atoms with E-state index in [9.17, 15) is 4.79 Å². The number of rotatable bonds is 5. The fourth-order valence-electron chi connectivity index (χ4n) is 2.35. The lowest BCUT2D eigenvalue weighted by molar-refractivity contribution is -0.142. The summed E-state index contributed by atoms with van der Waals surface area (Å²) in [5.74, 6) is -0.837. The summed E-state index contributed by atoms with van der Waals surface area (Å²) in [6, 6.07) is 10.4. The van der Waals surface area contributed by atoms with Gasteiger partial charge in [-0.05, 0) is 48.2 Å². The van der Waals surface area contributed by atoms with Crippen LogP contribution in [0, 0.1) is 0 Å². The van der Waals surface area contributed by atoms with E-state index >= 15 is 0 Å². The second-order valence-corrected chi connectivity index (χ2v) is 6.70. The number of hydrogen-bond acceptors (Lipinski definition) is 2. The molecule has 0 unspecified atom stereocenters. The first-order chi connectivity index (χ1) is 10.9. The van der Waals surface area contributed by atoms with Crippen LogP contribution < -0.4 is 0 Å². The predicted octanol–water partition coefficient (Wildman–Crippen LogP) is 6.19. The molecule has 0 fully saturated rings. The number of esters is 1. The SMILES string of the molecule is COC(=O)[C@@H](CCc1ccc(Cl)cc1Cl)c1ccc(Cl)cc1Cl. The summed E-state index contributed by atoms with van der Waals surface area (Å²) in [5, 5.41) is 2.10. The quantitative estimate of drug-likeness (QED) is 0.568. The second kappa shape index (κ2) is 8.25. The molecule has 6 heteroatoms. The van der Waals surface area contributed by atoms with Gasteiger partial charge >= 0.3 is 5.97 Å². The van der Waals surface area contributed by atoms with Gasteiger partial charge in [0.15, 0.2) is 0 Å². The molecule has 0 aromatic heterocycles. The Hall–Kier alpha value is -0.930. The van der Waals surface area contributed by atoms with Crippen molar-refractivity contribution in [1.82, 2.24) is 0 Å². The maximum atomic E-state index is 12.1. The average Bonchev–Trinajstić information content (AvgIpc) is 2.50. The van der Waals surface area contributed by atoms with Gasteiger partial charge in [-0.25, -0.2) is 0 Å². The van der Waals surface area contributed by atoms with Gasteiger partial charge < -0.3 is 4.74 Å². The Balaban J connectivity index is 2.24. The number of methoxy groups -OCH3 is 1. The van der Waals surface area contributed by atoms with Crippen molar-refractivity contribution >= 4 is 52.4 Å². The molecule has 0 N–H and O–H groups in total. The van der Waals surface area contributed by atoms with E-state index in [1.54, 1.807) is 30.3 Å². The highest BCUT2D eigenvalue weighted by Crippen LogP contribution is 2.32. The number of ether oxygens (including phenoxy) is 1. The largest absolute Gasteiger partial charge is 0.469 e. The first-order valence-corrected chi connectivity index (χ1v) is 8.40. The second-order valence-electron chi connectivity index (χ2n) is 5.02.